The van der Waals surface area contributed by atoms with Crippen molar-refractivity contribution in [1.29, 1.82) is 0 Å². The Balaban J connectivity index is 2.22. The number of hydrogen-bond donors (Lipinski definition) is 3. The third kappa shape index (κ3) is 1.36. The first-order valence-electron chi connectivity index (χ1n) is 3.63. The summed E-state index contributed by atoms with van der Waals surface area (Å²) in [6.07, 6.45) is 0. The topological polar surface area (TPSA) is 105 Å². The van der Waals surface area contributed by atoms with Crippen molar-refractivity contribution >= 4 is 16.1 Å². The monoisotopic (exact) mass is 208 g/mol. The average Bonchev–Trinajstić information content (AvgIpc) is 2.41. The molecule has 74 valence electrons. The molecule has 2 saturated heterocycles. The summed E-state index contributed by atoms with van der Waals surface area (Å²) >= 11 is 0. The minimum absolute atomic E-state index is 0.0911. The Morgan fingerprint density at radius 3 is 2.77 bits per heavy atom. The number of nitrogens with one attached hydrogen (secondary N) is 2. The molecule has 0 aromatic rings. The molecule has 2 heterocycles. The molecule has 3 unspecified atom stereocenters. The van der Waals surface area contributed by atoms with Crippen LogP contribution in [0.1, 0.15) is 0 Å². The summed E-state index contributed by atoms with van der Waals surface area (Å²) in [6.45, 7) is 0.0911. The van der Waals surface area contributed by atoms with Crippen LogP contribution in [0.5, 0.6) is 0 Å². The van der Waals surface area contributed by atoms with Gasteiger partial charge < -0.3 is 15.4 Å². The molecule has 13 heavy (non-hydrogen) atoms. The number of ether oxygens (including phenoxy) is 1. The van der Waals surface area contributed by atoms with Crippen LogP contribution in [0, 0.1) is 0 Å². The number of urea groups is 1. The predicted molar refractivity (Wildman–Crippen MR) is 40.5 cm³/mol. The molecule has 8 heteroatoms. The van der Waals surface area contributed by atoms with E-state index in [1.807, 2.05) is 0 Å². The zero-order valence-electron chi connectivity index (χ0n) is 6.43. The summed E-state index contributed by atoms with van der Waals surface area (Å²) in [5.41, 5.74) is -1.35. The highest BCUT2D eigenvalue weighted by molar-refractivity contribution is 7.86. The van der Waals surface area contributed by atoms with Crippen molar-refractivity contribution in [2.24, 2.45) is 0 Å². The van der Waals surface area contributed by atoms with E-state index in [0.717, 1.165) is 0 Å². The third-order valence-electron chi connectivity index (χ3n) is 2.07. The van der Waals surface area contributed by atoms with Gasteiger partial charge in [0.25, 0.3) is 10.1 Å². The van der Waals surface area contributed by atoms with Crippen LogP contribution >= 0.6 is 0 Å². The Morgan fingerprint density at radius 1 is 1.46 bits per heavy atom. The molecule has 0 spiro atoms. The van der Waals surface area contributed by atoms with Gasteiger partial charge in [-0.2, -0.15) is 8.42 Å². The molecule has 2 fully saturated rings. The van der Waals surface area contributed by atoms with E-state index >= 15 is 0 Å². The summed E-state index contributed by atoms with van der Waals surface area (Å²) in [5, 5.41) is 4.83. The molecule has 0 aliphatic carbocycles. The molecule has 0 aromatic carbocycles. The zero-order chi connectivity index (χ0) is 9.64. The molecule has 0 radical (unpaired) electrons. The number of fused-ring (bicyclic) bond motifs is 1. The molecular weight excluding hydrogens is 200 g/mol. The zero-order valence-corrected chi connectivity index (χ0v) is 7.24. The number of carbonyl (C=O) groups excluding carboxylic acids is 1. The Hall–Kier alpha value is -0.860. The molecule has 2 amide bonds. The maximum atomic E-state index is 10.8. The lowest BCUT2D eigenvalue weighted by Crippen LogP contribution is -2.41. The van der Waals surface area contributed by atoms with E-state index in [0.29, 0.717) is 0 Å². The maximum absolute atomic E-state index is 10.8. The van der Waals surface area contributed by atoms with Gasteiger partial charge in [-0.05, 0) is 0 Å². The van der Waals surface area contributed by atoms with E-state index < -0.39 is 27.6 Å². The molecule has 3 N–H and O–H groups in total. The third-order valence-corrected chi connectivity index (χ3v) is 3.09. The normalized spacial score (nSPS) is 38.2. The van der Waals surface area contributed by atoms with Gasteiger partial charge in [0.2, 0.25) is 5.44 Å². The summed E-state index contributed by atoms with van der Waals surface area (Å²) in [7, 11) is -4.26. The van der Waals surface area contributed by atoms with Crippen LogP contribution in [0.2, 0.25) is 0 Å². The lowest BCUT2D eigenvalue weighted by atomic mass is 10.2. The van der Waals surface area contributed by atoms with Crippen molar-refractivity contribution in [2.75, 3.05) is 6.61 Å². The van der Waals surface area contributed by atoms with Gasteiger partial charge in [-0.1, -0.05) is 0 Å². The van der Waals surface area contributed by atoms with Gasteiger partial charge in [-0.25, -0.2) is 4.79 Å². The van der Waals surface area contributed by atoms with Crippen LogP contribution in [0.25, 0.3) is 0 Å². The molecule has 0 aromatic heterocycles. The first-order chi connectivity index (χ1) is 5.98. The molecule has 7 nitrogen and oxygen atoms in total. The minimum atomic E-state index is -4.26. The largest absolute Gasteiger partial charge is 0.356 e. The highest BCUT2D eigenvalue weighted by atomic mass is 32.2. The lowest BCUT2D eigenvalue weighted by molar-refractivity contribution is 0.142. The van der Waals surface area contributed by atoms with Crippen LogP contribution in [0.4, 0.5) is 4.79 Å². The number of hydrogen-bond acceptors (Lipinski definition) is 4. The second-order valence-corrected chi connectivity index (χ2v) is 4.46. The Labute approximate surface area is 74.2 Å². The van der Waals surface area contributed by atoms with Gasteiger partial charge >= 0.3 is 6.03 Å². The first kappa shape index (κ1) is 8.73. The standard InChI is InChI=1S/C5H8N2O5S/c8-5-6-2-1-12-4(3(2)7-5)13(9,10)11/h2-4H,1H2,(H2,6,7,8)(H,9,10,11). The van der Waals surface area contributed by atoms with Crippen LogP contribution in [0.15, 0.2) is 0 Å². The number of carbonyl (C=O) groups is 1. The summed E-state index contributed by atoms with van der Waals surface area (Å²) in [6, 6.07) is -1.51. The lowest BCUT2D eigenvalue weighted by Gasteiger charge is -2.12. The van der Waals surface area contributed by atoms with Crippen molar-refractivity contribution < 1.29 is 22.5 Å². The van der Waals surface area contributed by atoms with Crippen molar-refractivity contribution in [1.82, 2.24) is 10.6 Å². The number of amides is 2. The minimum Gasteiger partial charge on any atom is -0.356 e. The Morgan fingerprint density at radius 2 is 2.15 bits per heavy atom. The smallest absolute Gasteiger partial charge is 0.315 e. The molecule has 2 aliphatic rings. The molecule has 3 atom stereocenters. The van der Waals surface area contributed by atoms with Gasteiger partial charge in [-0.3, -0.25) is 4.55 Å². The van der Waals surface area contributed by atoms with Gasteiger partial charge in [-0.15, -0.1) is 0 Å². The average molecular weight is 208 g/mol. The van der Waals surface area contributed by atoms with E-state index in [9.17, 15) is 13.2 Å². The van der Waals surface area contributed by atoms with Gasteiger partial charge in [0.1, 0.15) is 0 Å². The molecule has 2 aliphatic heterocycles. The summed E-state index contributed by atoms with van der Waals surface area (Å²) in [5.74, 6) is 0. The first-order valence-corrected chi connectivity index (χ1v) is 5.14. The van der Waals surface area contributed by atoms with Crippen molar-refractivity contribution in [3.05, 3.63) is 0 Å². The highest BCUT2D eigenvalue weighted by Crippen LogP contribution is 2.21. The van der Waals surface area contributed by atoms with Gasteiger partial charge in [0, 0.05) is 0 Å². The summed E-state index contributed by atoms with van der Waals surface area (Å²) < 4.78 is 35.0. The molecule has 2 rings (SSSR count). The van der Waals surface area contributed by atoms with Gasteiger partial charge in [0.05, 0.1) is 18.7 Å². The van der Waals surface area contributed by atoms with Crippen molar-refractivity contribution in [3.8, 4) is 0 Å². The highest BCUT2D eigenvalue weighted by Gasteiger charge is 2.49. The van der Waals surface area contributed by atoms with E-state index in [-0.39, 0.29) is 12.6 Å². The van der Waals surface area contributed by atoms with Crippen LogP contribution in [-0.4, -0.2) is 43.1 Å². The second-order valence-electron chi connectivity index (χ2n) is 2.97. The fourth-order valence-corrected chi connectivity index (χ4v) is 2.41. The van der Waals surface area contributed by atoms with Crippen molar-refractivity contribution in [2.45, 2.75) is 17.5 Å². The van der Waals surface area contributed by atoms with Crippen LogP contribution in [0.3, 0.4) is 0 Å². The SMILES string of the molecule is O=C1NC2COC(S(=O)(=O)O)C2N1. The quantitative estimate of drug-likeness (QED) is 0.444. The predicted octanol–water partition coefficient (Wildman–Crippen LogP) is -1.72. The van der Waals surface area contributed by atoms with E-state index in [4.69, 9.17) is 9.29 Å². The van der Waals surface area contributed by atoms with E-state index in [2.05, 4.69) is 10.6 Å². The number of rotatable bonds is 1. The fraction of sp³-hybridized carbons (Fsp3) is 0.800. The maximum Gasteiger partial charge on any atom is 0.315 e. The Kier molecular flexibility index (Phi) is 1.72. The van der Waals surface area contributed by atoms with Crippen LogP contribution < -0.4 is 10.6 Å². The van der Waals surface area contributed by atoms with Crippen molar-refractivity contribution in [3.63, 3.8) is 0 Å². The molecular formula is C5H8N2O5S. The van der Waals surface area contributed by atoms with Crippen LogP contribution in [-0.2, 0) is 14.9 Å². The van der Waals surface area contributed by atoms with Gasteiger partial charge in [0.15, 0.2) is 0 Å². The van der Waals surface area contributed by atoms with E-state index in [1.165, 1.54) is 0 Å². The summed E-state index contributed by atoms with van der Waals surface area (Å²) in [4.78, 5) is 10.8. The Bertz CT molecular complexity index is 339. The molecule has 0 bridgehead atoms. The van der Waals surface area contributed by atoms with E-state index in [1.54, 1.807) is 0 Å². The molecule has 0 saturated carbocycles. The fourth-order valence-electron chi connectivity index (χ4n) is 1.53. The second kappa shape index (κ2) is 2.56.